The van der Waals surface area contributed by atoms with Crippen LogP contribution in [0.5, 0.6) is 0 Å². The molecule has 1 heterocycles. The lowest BCUT2D eigenvalue weighted by Crippen LogP contribution is -2.39. The number of halogens is 1. The molecule has 0 spiro atoms. The molecule has 0 amide bonds. The first-order valence-corrected chi connectivity index (χ1v) is 8.79. The fourth-order valence-corrected chi connectivity index (χ4v) is 2.59. The molecule has 0 aliphatic heterocycles. The van der Waals surface area contributed by atoms with Crippen molar-refractivity contribution in [1.29, 1.82) is 0 Å². The van der Waals surface area contributed by atoms with E-state index >= 15 is 0 Å². The summed E-state index contributed by atoms with van der Waals surface area (Å²) >= 11 is 6.08. The minimum Gasteiger partial charge on any atom is -0.353 e. The SMILES string of the molecule is C=CCNC(=NCCn1cnnc1CC)NC(C)c1cccc(Cl)c1. The van der Waals surface area contributed by atoms with E-state index in [1.807, 2.05) is 28.8 Å². The van der Waals surface area contributed by atoms with E-state index in [-0.39, 0.29) is 6.04 Å². The number of hydrogen-bond acceptors (Lipinski definition) is 3. The van der Waals surface area contributed by atoms with Crippen molar-refractivity contribution in [3.63, 3.8) is 0 Å². The molecular formula is C18H25ClN6. The first-order valence-electron chi connectivity index (χ1n) is 8.42. The van der Waals surface area contributed by atoms with Gasteiger partial charge in [0, 0.05) is 24.5 Å². The minimum atomic E-state index is 0.0795. The molecule has 0 aliphatic rings. The largest absolute Gasteiger partial charge is 0.353 e. The Labute approximate surface area is 154 Å². The molecular weight excluding hydrogens is 336 g/mol. The van der Waals surface area contributed by atoms with Gasteiger partial charge in [-0.05, 0) is 24.6 Å². The van der Waals surface area contributed by atoms with Crippen LogP contribution in [0.2, 0.25) is 5.02 Å². The molecule has 2 aromatic rings. The molecule has 1 unspecified atom stereocenters. The molecule has 0 saturated heterocycles. The van der Waals surface area contributed by atoms with E-state index in [4.69, 9.17) is 11.6 Å². The van der Waals surface area contributed by atoms with Crippen molar-refractivity contribution >= 4 is 17.6 Å². The first-order chi connectivity index (χ1) is 12.1. The van der Waals surface area contributed by atoms with Gasteiger partial charge < -0.3 is 15.2 Å². The van der Waals surface area contributed by atoms with Crippen molar-refractivity contribution in [1.82, 2.24) is 25.4 Å². The molecule has 2 rings (SSSR count). The van der Waals surface area contributed by atoms with Crippen LogP contribution in [0.15, 0.2) is 48.2 Å². The molecule has 7 heteroatoms. The summed E-state index contributed by atoms with van der Waals surface area (Å²) in [6.07, 6.45) is 4.40. The molecule has 1 atom stereocenters. The first kappa shape index (κ1) is 19.0. The Hall–Kier alpha value is -2.34. The average molecular weight is 361 g/mol. The summed E-state index contributed by atoms with van der Waals surface area (Å²) in [5, 5.41) is 15.4. The fraction of sp³-hybridized carbons (Fsp3) is 0.389. The summed E-state index contributed by atoms with van der Waals surface area (Å²) in [5.74, 6) is 1.70. The van der Waals surface area contributed by atoms with Gasteiger partial charge in [0.25, 0.3) is 0 Å². The molecule has 0 saturated carbocycles. The lowest BCUT2D eigenvalue weighted by Gasteiger charge is -2.18. The highest BCUT2D eigenvalue weighted by molar-refractivity contribution is 6.30. The van der Waals surface area contributed by atoms with Gasteiger partial charge in [0.05, 0.1) is 12.6 Å². The van der Waals surface area contributed by atoms with Crippen LogP contribution in [0.4, 0.5) is 0 Å². The number of aryl methyl sites for hydroxylation is 1. The van der Waals surface area contributed by atoms with Gasteiger partial charge in [-0.3, -0.25) is 4.99 Å². The zero-order valence-electron chi connectivity index (χ0n) is 14.7. The quantitative estimate of drug-likeness (QED) is 0.431. The number of benzene rings is 1. The fourth-order valence-electron chi connectivity index (χ4n) is 2.39. The van der Waals surface area contributed by atoms with Crippen molar-refractivity contribution in [2.24, 2.45) is 4.99 Å². The van der Waals surface area contributed by atoms with E-state index in [2.05, 4.69) is 46.2 Å². The number of nitrogens with zero attached hydrogens (tertiary/aromatic N) is 4. The van der Waals surface area contributed by atoms with Gasteiger partial charge in [-0.15, -0.1) is 16.8 Å². The smallest absolute Gasteiger partial charge is 0.192 e. The van der Waals surface area contributed by atoms with Crippen LogP contribution in [-0.2, 0) is 13.0 Å². The molecule has 2 N–H and O–H groups in total. The minimum absolute atomic E-state index is 0.0795. The van der Waals surface area contributed by atoms with Crippen LogP contribution < -0.4 is 10.6 Å². The summed E-state index contributed by atoms with van der Waals surface area (Å²) in [6, 6.07) is 7.89. The second-order valence-electron chi connectivity index (χ2n) is 5.62. The topological polar surface area (TPSA) is 67.1 Å². The molecule has 134 valence electrons. The van der Waals surface area contributed by atoms with Gasteiger partial charge in [-0.25, -0.2) is 0 Å². The van der Waals surface area contributed by atoms with E-state index < -0.39 is 0 Å². The molecule has 6 nitrogen and oxygen atoms in total. The van der Waals surface area contributed by atoms with Crippen molar-refractivity contribution in [2.45, 2.75) is 32.9 Å². The normalized spacial score (nSPS) is 12.7. The number of aliphatic imine (C=N–C) groups is 1. The number of guanidine groups is 1. The highest BCUT2D eigenvalue weighted by Gasteiger charge is 2.08. The number of rotatable bonds is 8. The predicted octanol–water partition coefficient (Wildman–Crippen LogP) is 2.98. The van der Waals surface area contributed by atoms with Gasteiger partial charge in [-0.1, -0.05) is 36.7 Å². The zero-order valence-corrected chi connectivity index (χ0v) is 15.5. The third-order valence-corrected chi connectivity index (χ3v) is 3.97. The van der Waals surface area contributed by atoms with E-state index in [9.17, 15) is 0 Å². The van der Waals surface area contributed by atoms with E-state index in [0.29, 0.717) is 13.1 Å². The average Bonchev–Trinajstić information content (AvgIpc) is 3.07. The van der Waals surface area contributed by atoms with E-state index in [1.54, 1.807) is 12.4 Å². The molecule has 0 aliphatic carbocycles. The number of hydrogen-bond donors (Lipinski definition) is 2. The Morgan fingerprint density at radius 2 is 2.32 bits per heavy atom. The molecule has 0 fully saturated rings. The Bertz CT molecular complexity index is 709. The zero-order chi connectivity index (χ0) is 18.1. The maximum absolute atomic E-state index is 6.08. The summed E-state index contributed by atoms with van der Waals surface area (Å²) in [7, 11) is 0. The Kier molecular flexibility index (Phi) is 7.47. The van der Waals surface area contributed by atoms with Gasteiger partial charge >= 0.3 is 0 Å². The predicted molar refractivity (Wildman–Crippen MR) is 103 cm³/mol. The Balaban J connectivity index is 2.00. The van der Waals surface area contributed by atoms with Crippen LogP contribution in [0.25, 0.3) is 0 Å². The second kappa shape index (κ2) is 9.84. The second-order valence-corrected chi connectivity index (χ2v) is 6.05. The van der Waals surface area contributed by atoms with E-state index in [1.165, 1.54) is 0 Å². The van der Waals surface area contributed by atoms with Gasteiger partial charge in [0.2, 0.25) is 0 Å². The number of nitrogens with one attached hydrogen (secondary N) is 2. The van der Waals surface area contributed by atoms with Crippen LogP contribution in [0.3, 0.4) is 0 Å². The monoisotopic (exact) mass is 360 g/mol. The van der Waals surface area contributed by atoms with Gasteiger partial charge in [0.15, 0.2) is 5.96 Å². The van der Waals surface area contributed by atoms with Crippen molar-refractivity contribution in [2.75, 3.05) is 13.1 Å². The molecule has 0 radical (unpaired) electrons. The summed E-state index contributed by atoms with van der Waals surface area (Å²) < 4.78 is 2.02. The van der Waals surface area contributed by atoms with Crippen LogP contribution >= 0.6 is 11.6 Å². The van der Waals surface area contributed by atoms with Crippen LogP contribution in [0, 0.1) is 0 Å². The Morgan fingerprint density at radius 3 is 3.04 bits per heavy atom. The van der Waals surface area contributed by atoms with Crippen molar-refractivity contribution < 1.29 is 0 Å². The highest BCUT2D eigenvalue weighted by Crippen LogP contribution is 2.17. The van der Waals surface area contributed by atoms with Crippen LogP contribution in [-0.4, -0.2) is 33.8 Å². The maximum Gasteiger partial charge on any atom is 0.192 e. The highest BCUT2D eigenvalue weighted by atomic mass is 35.5. The lowest BCUT2D eigenvalue weighted by molar-refractivity contribution is 0.651. The van der Waals surface area contributed by atoms with Crippen LogP contribution in [0.1, 0.15) is 31.3 Å². The summed E-state index contributed by atoms with van der Waals surface area (Å²) in [5.41, 5.74) is 1.10. The van der Waals surface area contributed by atoms with E-state index in [0.717, 1.165) is 35.3 Å². The molecule has 0 bridgehead atoms. The van der Waals surface area contributed by atoms with Crippen molar-refractivity contribution in [3.05, 3.63) is 59.7 Å². The summed E-state index contributed by atoms with van der Waals surface area (Å²) in [4.78, 5) is 4.64. The molecule has 1 aromatic carbocycles. The number of aromatic nitrogens is 3. The Morgan fingerprint density at radius 1 is 1.48 bits per heavy atom. The van der Waals surface area contributed by atoms with Gasteiger partial charge in [-0.2, -0.15) is 0 Å². The lowest BCUT2D eigenvalue weighted by atomic mass is 10.1. The maximum atomic E-state index is 6.08. The molecule has 25 heavy (non-hydrogen) atoms. The van der Waals surface area contributed by atoms with Crippen molar-refractivity contribution in [3.8, 4) is 0 Å². The standard InChI is InChI=1S/C18H25ClN6/c1-4-9-20-18(21-10-11-25-13-22-24-17(25)5-2)23-14(3)15-7-6-8-16(19)12-15/h4,6-8,12-14H,1,5,9-11H2,2-3H3,(H2,20,21,23). The third kappa shape index (κ3) is 5.90. The third-order valence-electron chi connectivity index (χ3n) is 3.74. The van der Waals surface area contributed by atoms with Gasteiger partial charge in [0.1, 0.15) is 12.2 Å². The summed E-state index contributed by atoms with van der Waals surface area (Å²) in [6.45, 7) is 9.88. The molecule has 1 aromatic heterocycles.